The normalized spacial score (nSPS) is 19.4. The second-order valence-electron chi connectivity index (χ2n) is 9.41. The molecule has 1 aromatic heterocycles. The molecule has 178 valence electrons. The van der Waals surface area contributed by atoms with E-state index in [1.54, 1.807) is 0 Å². The number of carboxylic acids is 1. The molecule has 8 nitrogen and oxygen atoms in total. The van der Waals surface area contributed by atoms with Gasteiger partial charge in [0.05, 0.1) is 12.6 Å². The Labute approximate surface area is 194 Å². The summed E-state index contributed by atoms with van der Waals surface area (Å²) in [5, 5.41) is 18.2. The number of nitrogen functional groups attached to an aromatic ring is 1. The predicted molar refractivity (Wildman–Crippen MR) is 129 cm³/mol. The molecule has 2 heterocycles. The SMILES string of the molecule is CCn1c(CCC2CCCN2C(=O)C(C)N(CC(=O)O)C2CC2)cc2ccc(C(=N)N)cc21. The van der Waals surface area contributed by atoms with E-state index in [0.29, 0.717) is 0 Å². The quantitative estimate of drug-likeness (QED) is 0.378. The van der Waals surface area contributed by atoms with Crippen molar-refractivity contribution >= 4 is 28.6 Å². The molecule has 1 aliphatic carbocycles. The van der Waals surface area contributed by atoms with Crippen molar-refractivity contribution < 1.29 is 14.7 Å². The van der Waals surface area contributed by atoms with Crippen LogP contribution in [0.3, 0.4) is 0 Å². The fraction of sp³-hybridized carbons (Fsp3) is 0.560. The van der Waals surface area contributed by atoms with Crippen molar-refractivity contribution in [3.05, 3.63) is 35.5 Å². The van der Waals surface area contributed by atoms with Crippen molar-refractivity contribution in [1.29, 1.82) is 5.41 Å². The van der Waals surface area contributed by atoms with Gasteiger partial charge in [0.25, 0.3) is 0 Å². The van der Waals surface area contributed by atoms with Gasteiger partial charge in [-0.3, -0.25) is 19.9 Å². The van der Waals surface area contributed by atoms with Crippen molar-refractivity contribution in [2.45, 2.75) is 77.0 Å². The average molecular weight is 454 g/mol. The molecule has 2 unspecified atom stereocenters. The Morgan fingerprint density at radius 2 is 2.03 bits per heavy atom. The Balaban J connectivity index is 1.46. The number of hydrogen-bond acceptors (Lipinski definition) is 4. The molecule has 2 aliphatic rings. The number of hydrogen-bond donors (Lipinski definition) is 3. The maximum atomic E-state index is 13.3. The van der Waals surface area contributed by atoms with Crippen molar-refractivity contribution in [2.24, 2.45) is 5.73 Å². The Kier molecular flexibility index (Phi) is 6.74. The number of nitrogens with one attached hydrogen (secondary N) is 1. The number of carbonyl (C=O) groups excluding carboxylic acids is 1. The van der Waals surface area contributed by atoms with Crippen LogP contribution in [0.15, 0.2) is 24.3 Å². The monoisotopic (exact) mass is 453 g/mol. The maximum Gasteiger partial charge on any atom is 0.317 e. The lowest BCUT2D eigenvalue weighted by atomic mass is 10.1. The van der Waals surface area contributed by atoms with Gasteiger partial charge in [-0.1, -0.05) is 12.1 Å². The van der Waals surface area contributed by atoms with Gasteiger partial charge >= 0.3 is 5.97 Å². The van der Waals surface area contributed by atoms with Crippen molar-refractivity contribution in [3.63, 3.8) is 0 Å². The first-order chi connectivity index (χ1) is 15.8. The zero-order valence-electron chi connectivity index (χ0n) is 19.6. The third-order valence-electron chi connectivity index (χ3n) is 7.20. The maximum absolute atomic E-state index is 13.3. The second kappa shape index (κ2) is 9.55. The van der Waals surface area contributed by atoms with Crippen LogP contribution in [0.25, 0.3) is 10.9 Å². The van der Waals surface area contributed by atoms with Crippen LogP contribution < -0.4 is 5.73 Å². The van der Waals surface area contributed by atoms with E-state index in [-0.39, 0.29) is 30.4 Å². The first-order valence-corrected chi connectivity index (χ1v) is 12.0. The number of amidine groups is 1. The molecule has 2 aromatic rings. The van der Waals surface area contributed by atoms with Crippen LogP contribution in [0.5, 0.6) is 0 Å². The first-order valence-electron chi connectivity index (χ1n) is 12.0. The number of nitrogens with two attached hydrogens (primary N) is 1. The molecule has 0 bridgehead atoms. The molecular weight excluding hydrogens is 418 g/mol. The molecular formula is C25H35N5O3. The summed E-state index contributed by atoms with van der Waals surface area (Å²) < 4.78 is 2.27. The highest BCUT2D eigenvalue weighted by atomic mass is 16.4. The third kappa shape index (κ3) is 4.90. The van der Waals surface area contributed by atoms with Gasteiger partial charge in [-0.15, -0.1) is 0 Å². The van der Waals surface area contributed by atoms with E-state index in [2.05, 4.69) is 17.6 Å². The van der Waals surface area contributed by atoms with Gasteiger partial charge in [0.15, 0.2) is 0 Å². The zero-order chi connectivity index (χ0) is 23.7. The molecule has 0 radical (unpaired) electrons. The number of aromatic nitrogens is 1. The van der Waals surface area contributed by atoms with Gasteiger partial charge in [0, 0.05) is 41.9 Å². The molecule has 1 saturated carbocycles. The van der Waals surface area contributed by atoms with E-state index < -0.39 is 12.0 Å². The number of rotatable bonds is 10. The van der Waals surface area contributed by atoms with Crippen molar-refractivity contribution in [3.8, 4) is 0 Å². The van der Waals surface area contributed by atoms with Gasteiger partial charge < -0.3 is 20.3 Å². The molecule has 33 heavy (non-hydrogen) atoms. The lowest BCUT2D eigenvalue weighted by molar-refractivity contribution is -0.143. The van der Waals surface area contributed by atoms with Crippen LogP contribution in [0.1, 0.15) is 57.2 Å². The van der Waals surface area contributed by atoms with Crippen LogP contribution in [0.4, 0.5) is 0 Å². The van der Waals surface area contributed by atoms with Crippen LogP contribution >= 0.6 is 0 Å². The Morgan fingerprint density at radius 3 is 2.67 bits per heavy atom. The van der Waals surface area contributed by atoms with E-state index in [4.69, 9.17) is 11.1 Å². The van der Waals surface area contributed by atoms with E-state index in [1.807, 2.05) is 34.9 Å². The molecule has 0 spiro atoms. The largest absolute Gasteiger partial charge is 0.480 e. The molecule has 1 amide bonds. The number of aliphatic carboxylic acids is 1. The third-order valence-corrected chi connectivity index (χ3v) is 7.20. The second-order valence-corrected chi connectivity index (χ2v) is 9.41. The minimum absolute atomic E-state index is 0.0628. The number of nitrogens with zero attached hydrogens (tertiary/aromatic N) is 3. The summed E-state index contributed by atoms with van der Waals surface area (Å²) in [6.07, 6.45) is 5.67. The topological polar surface area (TPSA) is 116 Å². The summed E-state index contributed by atoms with van der Waals surface area (Å²) in [6, 6.07) is 8.09. The number of benzene rings is 1. The molecule has 2 fully saturated rings. The number of fused-ring (bicyclic) bond motifs is 1. The van der Waals surface area contributed by atoms with E-state index in [1.165, 1.54) is 5.69 Å². The molecule has 1 aliphatic heterocycles. The number of carboxylic acid groups (broad SMARTS) is 1. The zero-order valence-corrected chi connectivity index (χ0v) is 19.6. The van der Waals surface area contributed by atoms with Gasteiger partial charge in [-0.05, 0) is 69.9 Å². The highest BCUT2D eigenvalue weighted by Crippen LogP contribution is 2.31. The number of likely N-dealkylation sites (tertiary alicyclic amines) is 1. The molecule has 8 heteroatoms. The fourth-order valence-corrected chi connectivity index (χ4v) is 5.33. The predicted octanol–water partition coefficient (Wildman–Crippen LogP) is 2.81. The lowest BCUT2D eigenvalue weighted by Gasteiger charge is -2.33. The van der Waals surface area contributed by atoms with Crippen LogP contribution in [-0.2, 0) is 22.6 Å². The van der Waals surface area contributed by atoms with Gasteiger partial charge in [-0.2, -0.15) is 0 Å². The standard InChI is InChI=1S/C25H35N5O3/c1-3-28-21(13-17-6-7-18(24(26)27)14-22(17)28)11-10-19-5-4-12-29(19)25(33)16(2)30(15-23(31)32)20-8-9-20/h6-7,13-14,16,19-20H,3-5,8-12,15H2,1-2H3,(H3,26,27)(H,31,32). The number of carbonyl (C=O) groups is 2. The Bertz CT molecular complexity index is 1060. The van der Waals surface area contributed by atoms with Crippen molar-refractivity contribution in [1.82, 2.24) is 14.4 Å². The summed E-state index contributed by atoms with van der Waals surface area (Å²) in [5.74, 6) is -0.743. The number of amides is 1. The molecule has 1 aromatic carbocycles. The average Bonchev–Trinajstić information content (AvgIpc) is 3.41. The van der Waals surface area contributed by atoms with E-state index in [9.17, 15) is 14.7 Å². The first kappa shape index (κ1) is 23.3. The van der Waals surface area contributed by atoms with Crippen LogP contribution in [0, 0.1) is 5.41 Å². The van der Waals surface area contributed by atoms with Crippen LogP contribution in [0.2, 0.25) is 0 Å². The summed E-state index contributed by atoms with van der Waals surface area (Å²) in [7, 11) is 0. The molecule has 4 rings (SSSR count). The highest BCUT2D eigenvalue weighted by Gasteiger charge is 2.39. The Hall–Kier alpha value is -2.87. The summed E-state index contributed by atoms with van der Waals surface area (Å²) >= 11 is 0. The minimum atomic E-state index is -0.875. The van der Waals surface area contributed by atoms with E-state index >= 15 is 0 Å². The van der Waals surface area contributed by atoms with Gasteiger partial charge in [0.2, 0.25) is 5.91 Å². The summed E-state index contributed by atoms with van der Waals surface area (Å²) in [5.41, 5.74) is 8.72. The highest BCUT2D eigenvalue weighted by molar-refractivity contribution is 5.98. The minimum Gasteiger partial charge on any atom is -0.480 e. The Morgan fingerprint density at radius 1 is 1.27 bits per heavy atom. The fourth-order valence-electron chi connectivity index (χ4n) is 5.33. The summed E-state index contributed by atoms with van der Waals surface area (Å²) in [4.78, 5) is 28.5. The molecule has 1 saturated heterocycles. The smallest absolute Gasteiger partial charge is 0.317 e. The van der Waals surface area contributed by atoms with Crippen LogP contribution in [-0.4, -0.2) is 68.4 Å². The van der Waals surface area contributed by atoms with E-state index in [0.717, 1.165) is 68.1 Å². The lowest BCUT2D eigenvalue weighted by Crippen LogP contribution is -2.51. The van der Waals surface area contributed by atoms with Gasteiger partial charge in [-0.25, -0.2) is 0 Å². The van der Waals surface area contributed by atoms with Crippen molar-refractivity contribution in [2.75, 3.05) is 13.1 Å². The van der Waals surface area contributed by atoms with Gasteiger partial charge in [0.1, 0.15) is 5.84 Å². The molecule has 2 atom stereocenters. The molecule has 4 N–H and O–H groups in total. The number of aryl methyl sites for hydroxylation is 2. The summed E-state index contributed by atoms with van der Waals surface area (Å²) in [6.45, 7) is 5.48.